The second kappa shape index (κ2) is 3.71. The van der Waals surface area contributed by atoms with E-state index in [2.05, 4.69) is 10.3 Å². The van der Waals surface area contributed by atoms with Gasteiger partial charge in [0.1, 0.15) is 5.82 Å². The van der Waals surface area contributed by atoms with E-state index in [-0.39, 0.29) is 6.10 Å². The van der Waals surface area contributed by atoms with Gasteiger partial charge in [-0.05, 0) is 37.6 Å². The number of piperidine rings is 1. The fourth-order valence-electron chi connectivity index (χ4n) is 2.76. The van der Waals surface area contributed by atoms with Crippen LogP contribution in [0.25, 0.3) is 0 Å². The lowest BCUT2D eigenvalue weighted by atomic mass is 9.69. The van der Waals surface area contributed by atoms with E-state index in [0.29, 0.717) is 11.2 Å². The predicted molar refractivity (Wildman–Crippen MR) is 61.9 cm³/mol. The summed E-state index contributed by atoms with van der Waals surface area (Å²) < 4.78 is 5.74. The molecule has 1 aromatic heterocycles. The summed E-state index contributed by atoms with van der Waals surface area (Å²) in [5, 5.41) is 3.40. The molecular weight excluding hydrogens is 202 g/mol. The molecular formula is C12H17N3O. The maximum Gasteiger partial charge on any atom is 0.123 e. The topological polar surface area (TPSA) is 60.2 Å². The van der Waals surface area contributed by atoms with Gasteiger partial charge in [0.05, 0.1) is 12.7 Å². The standard InChI is InChI=1S/C12H17N3O/c13-10-2-1-9(7-15-10)11-12(8-16-11)3-5-14-6-4-12/h1-2,7,11,14H,3-6,8H2,(H2,13,15). The number of rotatable bonds is 1. The number of ether oxygens (including phenoxy) is 1. The zero-order valence-corrected chi connectivity index (χ0v) is 9.28. The first-order valence-corrected chi connectivity index (χ1v) is 5.84. The van der Waals surface area contributed by atoms with Crippen LogP contribution in [0.4, 0.5) is 5.82 Å². The third-order valence-electron chi connectivity index (χ3n) is 3.80. The molecule has 4 nitrogen and oxygen atoms in total. The third kappa shape index (κ3) is 1.49. The van der Waals surface area contributed by atoms with Gasteiger partial charge in [-0.15, -0.1) is 0 Å². The average Bonchev–Trinajstić information content (AvgIpc) is 2.32. The Kier molecular flexibility index (Phi) is 2.33. The molecule has 0 amide bonds. The van der Waals surface area contributed by atoms with Crippen LogP contribution in [-0.4, -0.2) is 24.7 Å². The molecule has 1 unspecified atom stereocenters. The van der Waals surface area contributed by atoms with Gasteiger partial charge in [-0.25, -0.2) is 4.98 Å². The largest absolute Gasteiger partial charge is 0.384 e. The number of nitrogen functional groups attached to an aromatic ring is 1. The van der Waals surface area contributed by atoms with Crippen molar-refractivity contribution in [2.45, 2.75) is 18.9 Å². The SMILES string of the molecule is Nc1ccc(C2OCC23CCNCC3)cn1. The van der Waals surface area contributed by atoms with Gasteiger partial charge in [0.15, 0.2) is 0 Å². The van der Waals surface area contributed by atoms with E-state index in [1.54, 1.807) is 0 Å². The molecule has 0 saturated carbocycles. The number of nitrogens with one attached hydrogen (secondary N) is 1. The number of hydrogen-bond acceptors (Lipinski definition) is 4. The van der Waals surface area contributed by atoms with Gasteiger partial charge in [0.25, 0.3) is 0 Å². The lowest BCUT2D eigenvalue weighted by Crippen LogP contribution is -2.51. The first-order valence-electron chi connectivity index (χ1n) is 5.84. The van der Waals surface area contributed by atoms with Crippen LogP contribution in [0.15, 0.2) is 18.3 Å². The lowest BCUT2D eigenvalue weighted by molar-refractivity contribution is -0.203. The van der Waals surface area contributed by atoms with Crippen LogP contribution in [-0.2, 0) is 4.74 Å². The zero-order chi connectivity index (χ0) is 11.0. The maximum absolute atomic E-state index is 5.74. The monoisotopic (exact) mass is 219 g/mol. The zero-order valence-electron chi connectivity index (χ0n) is 9.28. The molecule has 86 valence electrons. The second-order valence-corrected chi connectivity index (χ2v) is 4.82. The van der Waals surface area contributed by atoms with Crippen LogP contribution in [0.3, 0.4) is 0 Å². The molecule has 2 aliphatic rings. The highest BCUT2D eigenvalue weighted by atomic mass is 16.5. The van der Waals surface area contributed by atoms with Crippen molar-refractivity contribution >= 4 is 5.82 Å². The van der Waals surface area contributed by atoms with Crippen molar-refractivity contribution in [2.24, 2.45) is 5.41 Å². The summed E-state index contributed by atoms with van der Waals surface area (Å²) in [6.45, 7) is 3.09. The molecule has 0 aliphatic carbocycles. The Balaban J connectivity index is 1.82. The first-order chi connectivity index (χ1) is 7.80. The number of nitrogens with two attached hydrogens (primary N) is 1. The fraction of sp³-hybridized carbons (Fsp3) is 0.583. The van der Waals surface area contributed by atoms with E-state index in [4.69, 9.17) is 10.5 Å². The molecule has 2 aliphatic heterocycles. The van der Waals surface area contributed by atoms with E-state index in [0.717, 1.165) is 19.7 Å². The summed E-state index contributed by atoms with van der Waals surface area (Å²) in [6, 6.07) is 3.89. The van der Waals surface area contributed by atoms with Crippen LogP contribution in [0.5, 0.6) is 0 Å². The lowest BCUT2D eigenvalue weighted by Gasteiger charge is -2.51. The molecule has 16 heavy (non-hydrogen) atoms. The van der Waals surface area contributed by atoms with Crippen molar-refractivity contribution in [3.63, 3.8) is 0 Å². The van der Waals surface area contributed by atoms with Gasteiger partial charge >= 0.3 is 0 Å². The third-order valence-corrected chi connectivity index (χ3v) is 3.80. The molecule has 1 spiro atoms. The van der Waals surface area contributed by atoms with Gasteiger partial charge in [0, 0.05) is 11.6 Å². The molecule has 4 heteroatoms. The molecule has 3 heterocycles. The summed E-state index contributed by atoms with van der Waals surface area (Å²) >= 11 is 0. The van der Waals surface area contributed by atoms with Crippen molar-refractivity contribution in [1.82, 2.24) is 10.3 Å². The highest BCUT2D eigenvalue weighted by Crippen LogP contribution is 2.51. The molecule has 1 aromatic rings. The number of nitrogens with zero attached hydrogens (tertiary/aromatic N) is 1. The minimum Gasteiger partial charge on any atom is -0.384 e. The Morgan fingerprint density at radius 3 is 2.75 bits per heavy atom. The van der Waals surface area contributed by atoms with Gasteiger partial charge in [-0.3, -0.25) is 0 Å². The van der Waals surface area contributed by atoms with E-state index < -0.39 is 0 Å². The molecule has 3 rings (SSSR count). The Bertz CT molecular complexity index is 370. The Morgan fingerprint density at radius 1 is 1.38 bits per heavy atom. The maximum atomic E-state index is 5.74. The van der Waals surface area contributed by atoms with Gasteiger partial charge in [-0.2, -0.15) is 0 Å². The van der Waals surface area contributed by atoms with Crippen LogP contribution in [0.2, 0.25) is 0 Å². The molecule has 0 radical (unpaired) electrons. The smallest absolute Gasteiger partial charge is 0.123 e. The van der Waals surface area contributed by atoms with E-state index in [1.807, 2.05) is 18.3 Å². The number of pyridine rings is 1. The molecule has 0 aromatic carbocycles. The summed E-state index contributed by atoms with van der Waals surface area (Å²) in [4.78, 5) is 4.14. The van der Waals surface area contributed by atoms with Crippen LogP contribution in [0, 0.1) is 5.41 Å². The minimum absolute atomic E-state index is 0.225. The van der Waals surface area contributed by atoms with Crippen molar-refractivity contribution < 1.29 is 4.74 Å². The molecule has 3 N–H and O–H groups in total. The molecule has 2 fully saturated rings. The van der Waals surface area contributed by atoms with E-state index in [1.165, 1.54) is 18.4 Å². The molecule has 1 atom stereocenters. The fourth-order valence-corrected chi connectivity index (χ4v) is 2.76. The van der Waals surface area contributed by atoms with Crippen molar-refractivity contribution in [2.75, 3.05) is 25.4 Å². The van der Waals surface area contributed by atoms with Crippen LogP contribution < -0.4 is 11.1 Å². The van der Waals surface area contributed by atoms with Gasteiger partial charge in [-0.1, -0.05) is 6.07 Å². The number of anilines is 1. The second-order valence-electron chi connectivity index (χ2n) is 4.82. The normalized spacial score (nSPS) is 27.6. The van der Waals surface area contributed by atoms with E-state index in [9.17, 15) is 0 Å². The highest BCUT2D eigenvalue weighted by Gasteiger charge is 2.49. The molecule has 0 bridgehead atoms. The number of hydrogen-bond donors (Lipinski definition) is 2. The predicted octanol–water partition coefficient (Wildman–Crippen LogP) is 1.10. The summed E-state index contributed by atoms with van der Waals surface area (Å²) in [5.41, 5.74) is 7.11. The van der Waals surface area contributed by atoms with Crippen LogP contribution >= 0.6 is 0 Å². The first kappa shape index (κ1) is 10.1. The quantitative estimate of drug-likeness (QED) is 0.742. The summed E-state index contributed by atoms with van der Waals surface area (Å²) in [7, 11) is 0. The Morgan fingerprint density at radius 2 is 2.19 bits per heavy atom. The number of aromatic nitrogens is 1. The summed E-state index contributed by atoms with van der Waals surface area (Å²) in [6.07, 6.45) is 4.47. The van der Waals surface area contributed by atoms with E-state index >= 15 is 0 Å². The van der Waals surface area contributed by atoms with Gasteiger partial charge < -0.3 is 15.8 Å². The van der Waals surface area contributed by atoms with Crippen molar-refractivity contribution in [3.05, 3.63) is 23.9 Å². The summed E-state index contributed by atoms with van der Waals surface area (Å²) in [5.74, 6) is 0.572. The minimum atomic E-state index is 0.225. The Labute approximate surface area is 95.2 Å². The highest BCUT2D eigenvalue weighted by molar-refractivity contribution is 5.31. The van der Waals surface area contributed by atoms with Gasteiger partial charge in [0.2, 0.25) is 0 Å². The van der Waals surface area contributed by atoms with Crippen molar-refractivity contribution in [1.29, 1.82) is 0 Å². The van der Waals surface area contributed by atoms with Crippen LogP contribution in [0.1, 0.15) is 24.5 Å². The Hall–Kier alpha value is -1.13. The molecule has 2 saturated heterocycles. The van der Waals surface area contributed by atoms with Crippen molar-refractivity contribution in [3.8, 4) is 0 Å². The average molecular weight is 219 g/mol.